The summed E-state index contributed by atoms with van der Waals surface area (Å²) in [7, 11) is 1.62. The van der Waals surface area contributed by atoms with E-state index in [0.717, 1.165) is 42.0 Å². The molecule has 2 heterocycles. The van der Waals surface area contributed by atoms with E-state index in [1.54, 1.807) is 25.4 Å². The second kappa shape index (κ2) is 9.11. The molecular weight excluding hydrogens is 383 g/mol. The topological polar surface area (TPSA) is 55.6 Å². The number of aromatic nitrogens is 1. The van der Waals surface area contributed by atoms with Crippen LogP contribution >= 0.6 is 0 Å². The van der Waals surface area contributed by atoms with Gasteiger partial charge in [0.15, 0.2) is 5.89 Å². The zero-order chi connectivity index (χ0) is 20.9. The Bertz CT molecular complexity index is 1000. The van der Waals surface area contributed by atoms with Crippen molar-refractivity contribution >= 4 is 5.91 Å². The van der Waals surface area contributed by atoms with E-state index in [4.69, 9.17) is 9.15 Å². The van der Waals surface area contributed by atoms with E-state index in [9.17, 15) is 9.18 Å². The molecule has 0 N–H and O–H groups in total. The van der Waals surface area contributed by atoms with E-state index < -0.39 is 0 Å². The molecule has 0 bridgehead atoms. The number of methoxy groups -OCH3 is 1. The van der Waals surface area contributed by atoms with Crippen LogP contribution in [0.1, 0.15) is 41.5 Å². The molecule has 1 aromatic heterocycles. The zero-order valence-electron chi connectivity index (χ0n) is 17.0. The van der Waals surface area contributed by atoms with Gasteiger partial charge in [0.25, 0.3) is 0 Å². The van der Waals surface area contributed by atoms with Crippen LogP contribution in [0.25, 0.3) is 0 Å². The first kappa shape index (κ1) is 20.1. The fourth-order valence-electron chi connectivity index (χ4n) is 3.87. The summed E-state index contributed by atoms with van der Waals surface area (Å²) >= 11 is 0. The number of piperidine rings is 1. The minimum atomic E-state index is -0.252. The van der Waals surface area contributed by atoms with Gasteiger partial charge in [-0.05, 0) is 48.2 Å². The van der Waals surface area contributed by atoms with Crippen molar-refractivity contribution in [2.24, 2.45) is 0 Å². The number of rotatable bonds is 6. The fraction of sp³-hybridized carbons (Fsp3) is 0.333. The third-order valence-corrected chi connectivity index (χ3v) is 5.48. The van der Waals surface area contributed by atoms with Gasteiger partial charge in [0.2, 0.25) is 5.91 Å². The first-order valence-electron chi connectivity index (χ1n) is 10.2. The van der Waals surface area contributed by atoms with E-state index in [2.05, 4.69) is 4.98 Å². The van der Waals surface area contributed by atoms with Crippen molar-refractivity contribution in [3.8, 4) is 5.75 Å². The molecule has 0 saturated carbocycles. The molecule has 5 nitrogen and oxygen atoms in total. The second-order valence-corrected chi connectivity index (χ2v) is 7.68. The Kier molecular flexibility index (Phi) is 6.12. The molecule has 4 rings (SSSR count). The van der Waals surface area contributed by atoms with Gasteiger partial charge in [-0.2, -0.15) is 0 Å². The predicted octanol–water partition coefficient (Wildman–Crippen LogP) is 4.36. The summed E-state index contributed by atoms with van der Waals surface area (Å²) in [5, 5.41) is 0. The lowest BCUT2D eigenvalue weighted by Gasteiger charge is -2.31. The van der Waals surface area contributed by atoms with E-state index >= 15 is 0 Å². The molecule has 6 heteroatoms. The molecule has 30 heavy (non-hydrogen) atoms. The Morgan fingerprint density at radius 1 is 1.23 bits per heavy atom. The highest BCUT2D eigenvalue weighted by atomic mass is 19.1. The predicted molar refractivity (Wildman–Crippen MR) is 111 cm³/mol. The molecule has 1 saturated heterocycles. The minimum Gasteiger partial charge on any atom is -0.497 e. The molecular formula is C24H25FN2O3. The van der Waals surface area contributed by atoms with Crippen LogP contribution in [0.4, 0.5) is 4.39 Å². The molecule has 3 aromatic rings. The molecule has 2 aromatic carbocycles. The van der Waals surface area contributed by atoms with Gasteiger partial charge in [0.05, 0.1) is 25.6 Å². The summed E-state index contributed by atoms with van der Waals surface area (Å²) in [6.45, 7) is 1.36. The van der Waals surface area contributed by atoms with Crippen LogP contribution in [0.15, 0.2) is 59.1 Å². The van der Waals surface area contributed by atoms with Crippen molar-refractivity contribution in [2.75, 3.05) is 20.2 Å². The van der Waals surface area contributed by atoms with Gasteiger partial charge in [0, 0.05) is 19.5 Å². The van der Waals surface area contributed by atoms with E-state index in [0.29, 0.717) is 25.3 Å². The van der Waals surface area contributed by atoms with Gasteiger partial charge < -0.3 is 14.1 Å². The average Bonchev–Trinajstić information content (AvgIpc) is 3.24. The number of hydrogen-bond acceptors (Lipinski definition) is 4. The van der Waals surface area contributed by atoms with Gasteiger partial charge >= 0.3 is 0 Å². The van der Waals surface area contributed by atoms with E-state index in [1.165, 1.54) is 12.1 Å². The minimum absolute atomic E-state index is 0.0926. The normalized spacial score (nSPS) is 16.5. The quantitative estimate of drug-likeness (QED) is 0.608. The van der Waals surface area contributed by atoms with Gasteiger partial charge in [-0.3, -0.25) is 4.79 Å². The number of ether oxygens (including phenoxy) is 1. The number of carbonyl (C=O) groups excluding carboxylic acids is 1. The van der Waals surface area contributed by atoms with Crippen molar-refractivity contribution in [1.29, 1.82) is 0 Å². The van der Waals surface area contributed by atoms with E-state index in [1.807, 2.05) is 29.2 Å². The van der Waals surface area contributed by atoms with Crippen LogP contribution < -0.4 is 4.74 Å². The maximum Gasteiger partial charge on any atom is 0.227 e. The van der Waals surface area contributed by atoms with Crippen LogP contribution in [0.5, 0.6) is 5.75 Å². The molecule has 0 radical (unpaired) electrons. The molecule has 1 atom stereocenters. The van der Waals surface area contributed by atoms with Crippen molar-refractivity contribution < 1.29 is 18.3 Å². The Morgan fingerprint density at radius 3 is 2.87 bits per heavy atom. The van der Waals surface area contributed by atoms with Gasteiger partial charge in [-0.25, -0.2) is 9.37 Å². The summed E-state index contributed by atoms with van der Waals surface area (Å²) in [6, 6.07) is 14.0. The summed E-state index contributed by atoms with van der Waals surface area (Å²) in [5.74, 6) is 2.12. The second-order valence-electron chi connectivity index (χ2n) is 7.68. The molecule has 0 aliphatic carbocycles. The number of hydrogen-bond donors (Lipinski definition) is 0. The lowest BCUT2D eigenvalue weighted by molar-refractivity contribution is -0.131. The number of amides is 1. The van der Waals surface area contributed by atoms with Gasteiger partial charge in [-0.1, -0.05) is 24.3 Å². The Morgan fingerprint density at radius 2 is 2.07 bits per heavy atom. The van der Waals surface area contributed by atoms with Crippen LogP contribution in [-0.2, 0) is 17.6 Å². The molecule has 1 aliphatic rings. The van der Waals surface area contributed by atoms with Crippen LogP contribution in [0, 0.1) is 5.82 Å². The number of carbonyl (C=O) groups is 1. The number of likely N-dealkylation sites (tertiary alicyclic amines) is 1. The van der Waals surface area contributed by atoms with Crippen LogP contribution in [-0.4, -0.2) is 36.0 Å². The standard InChI is InChI=1S/C24H25FN2O3/c1-29-21-6-2-4-18(13-21)14-23(28)27-11-3-5-19(16-27)24-26-15-22(30-24)12-17-7-9-20(25)10-8-17/h2,4,6-10,13,15,19H,3,5,11-12,14,16H2,1H3/t19-/m1/s1. The number of halogens is 1. The van der Waals surface area contributed by atoms with Crippen LogP contribution in [0.2, 0.25) is 0 Å². The first-order chi connectivity index (χ1) is 14.6. The Labute approximate surface area is 175 Å². The number of benzene rings is 2. The largest absolute Gasteiger partial charge is 0.497 e. The smallest absolute Gasteiger partial charge is 0.227 e. The number of oxazole rings is 1. The molecule has 0 unspecified atom stereocenters. The highest BCUT2D eigenvalue weighted by molar-refractivity contribution is 5.79. The molecule has 1 amide bonds. The average molecular weight is 408 g/mol. The summed E-state index contributed by atoms with van der Waals surface area (Å²) < 4.78 is 24.3. The number of nitrogens with zero attached hydrogens (tertiary/aromatic N) is 2. The summed E-state index contributed by atoms with van der Waals surface area (Å²) in [5.41, 5.74) is 1.91. The summed E-state index contributed by atoms with van der Waals surface area (Å²) in [4.78, 5) is 19.2. The monoisotopic (exact) mass is 408 g/mol. The molecule has 0 spiro atoms. The zero-order valence-corrected chi connectivity index (χ0v) is 17.0. The van der Waals surface area contributed by atoms with Gasteiger partial charge in [0.1, 0.15) is 17.3 Å². The maximum atomic E-state index is 13.1. The van der Waals surface area contributed by atoms with Crippen LogP contribution in [0.3, 0.4) is 0 Å². The first-order valence-corrected chi connectivity index (χ1v) is 10.2. The lowest BCUT2D eigenvalue weighted by Crippen LogP contribution is -2.40. The maximum absolute atomic E-state index is 13.1. The third kappa shape index (κ3) is 4.87. The van der Waals surface area contributed by atoms with Crippen molar-refractivity contribution in [2.45, 2.75) is 31.6 Å². The third-order valence-electron chi connectivity index (χ3n) is 5.48. The van der Waals surface area contributed by atoms with E-state index in [-0.39, 0.29) is 17.6 Å². The Hall–Kier alpha value is -3.15. The van der Waals surface area contributed by atoms with Crippen molar-refractivity contribution in [3.05, 3.63) is 83.3 Å². The molecule has 1 fully saturated rings. The molecule has 1 aliphatic heterocycles. The highest BCUT2D eigenvalue weighted by Crippen LogP contribution is 2.28. The lowest BCUT2D eigenvalue weighted by atomic mass is 9.97. The molecule has 156 valence electrons. The van der Waals surface area contributed by atoms with Gasteiger partial charge in [-0.15, -0.1) is 0 Å². The SMILES string of the molecule is COc1cccc(CC(=O)N2CCC[C@@H](c3ncc(Cc4ccc(F)cc4)o3)C2)c1. The fourth-order valence-corrected chi connectivity index (χ4v) is 3.87. The Balaban J connectivity index is 1.38. The van der Waals surface area contributed by atoms with Crippen molar-refractivity contribution in [3.63, 3.8) is 0 Å². The highest BCUT2D eigenvalue weighted by Gasteiger charge is 2.28. The van der Waals surface area contributed by atoms with Crippen molar-refractivity contribution in [1.82, 2.24) is 9.88 Å². The summed E-state index contributed by atoms with van der Waals surface area (Å²) in [6.07, 6.45) is 4.52.